The summed E-state index contributed by atoms with van der Waals surface area (Å²) < 4.78 is 11.8. The number of aliphatic carboxylic acids is 1. The van der Waals surface area contributed by atoms with Crippen LogP contribution in [0.3, 0.4) is 0 Å². The Morgan fingerprint density at radius 3 is 2.50 bits per heavy atom. The quantitative estimate of drug-likeness (QED) is 0.300. The van der Waals surface area contributed by atoms with Gasteiger partial charge in [-0.25, -0.2) is 0 Å². The molecule has 0 spiro atoms. The number of fused-ring (bicyclic) bond motifs is 9. The number of carbonyl (C=O) groups excluding carboxylic acids is 3. The number of aromatic nitrogens is 1. The summed E-state index contributed by atoms with van der Waals surface area (Å²) in [6, 6.07) is 14.6. The Morgan fingerprint density at radius 2 is 1.77 bits per heavy atom. The van der Waals surface area contributed by atoms with E-state index >= 15 is 0 Å². The maximum Gasteiger partial charge on any atom is 0.323 e. The molecule has 11 nitrogen and oxygen atoms in total. The fourth-order valence-electron chi connectivity index (χ4n) is 7.71. The smallest absolute Gasteiger partial charge is 0.323 e. The highest BCUT2D eigenvalue weighted by Gasteiger charge is 2.69. The van der Waals surface area contributed by atoms with E-state index in [-0.39, 0.29) is 46.3 Å². The second-order valence-electron chi connectivity index (χ2n) is 11.5. The Bertz CT molecular complexity index is 1720. The van der Waals surface area contributed by atoms with Crippen molar-refractivity contribution in [3.8, 4) is 11.5 Å². The molecule has 2 aliphatic heterocycles. The van der Waals surface area contributed by atoms with E-state index in [1.165, 1.54) is 0 Å². The molecule has 4 aliphatic rings. The summed E-state index contributed by atoms with van der Waals surface area (Å²) in [7, 11) is 0. The predicted molar refractivity (Wildman–Crippen MR) is 161 cm³/mol. The average molecular weight is 636 g/mol. The van der Waals surface area contributed by atoms with Crippen molar-refractivity contribution >= 4 is 52.5 Å². The molecule has 13 heteroatoms. The molecular weight excluding hydrogens is 606 g/mol. The number of carboxylic acids is 1. The zero-order valence-corrected chi connectivity index (χ0v) is 25.2. The normalized spacial score (nSPS) is 27.9. The van der Waals surface area contributed by atoms with Crippen molar-refractivity contribution in [2.75, 3.05) is 25.1 Å². The summed E-state index contributed by atoms with van der Waals surface area (Å²) >= 11 is 2.71. The van der Waals surface area contributed by atoms with Crippen molar-refractivity contribution in [2.24, 2.45) is 29.6 Å². The van der Waals surface area contributed by atoms with Gasteiger partial charge in [-0.2, -0.15) is 0 Å². The second-order valence-corrected chi connectivity index (χ2v) is 13.7. The molecule has 3 amide bonds. The van der Waals surface area contributed by atoms with E-state index in [2.05, 4.69) is 10.3 Å². The van der Waals surface area contributed by atoms with E-state index < -0.39 is 36.2 Å². The summed E-state index contributed by atoms with van der Waals surface area (Å²) in [4.78, 5) is 67.8. The van der Waals surface area contributed by atoms with Crippen LogP contribution in [-0.2, 0) is 19.2 Å². The number of hydrogen-bond donors (Lipinski definition) is 3. The molecule has 2 bridgehead atoms. The van der Waals surface area contributed by atoms with Crippen LogP contribution in [0, 0.1) is 29.6 Å². The number of benzene rings is 2. The minimum absolute atomic E-state index is 0.0290. The Labute approximate surface area is 259 Å². The fraction of sp³-hybridized carbons (Fsp3) is 0.387. The number of aromatic amines is 1. The van der Waals surface area contributed by atoms with Gasteiger partial charge >= 0.3 is 10.8 Å². The lowest BCUT2D eigenvalue weighted by Gasteiger charge is -2.43. The van der Waals surface area contributed by atoms with Crippen LogP contribution in [0.1, 0.15) is 29.7 Å². The van der Waals surface area contributed by atoms with E-state index in [1.54, 1.807) is 30.0 Å². The number of carboxylic acid groups (broad SMARTS) is 1. The van der Waals surface area contributed by atoms with Crippen LogP contribution in [0.15, 0.2) is 58.4 Å². The number of nitrogens with one attached hydrogen (secondary N) is 2. The standard InChI is InChI=1S/C31H29N3O8S2/c1-2-41-19-10-14(8-9-18(19)42-13-20(35)32-15-6-4-3-5-7-15)22-23-16-11-17(26(23)43-28-27(22)44-31(40)33-28)25-24(16)29(38)34(30(25)39)12-21(36)37/h3-10,16-17,22-26H,2,11-13H2,1H3,(H,32,35)(H,33,40)(H,36,37)/t16?,17?,22-,23?,24?,25?,26?/m1/s1. The van der Waals surface area contributed by atoms with Gasteiger partial charge < -0.3 is 24.9 Å². The number of carbonyl (C=O) groups is 4. The molecule has 6 unspecified atom stereocenters. The molecule has 3 heterocycles. The van der Waals surface area contributed by atoms with Crippen molar-refractivity contribution in [2.45, 2.75) is 29.5 Å². The number of anilines is 1. The molecule has 44 heavy (non-hydrogen) atoms. The number of rotatable bonds is 9. The first-order valence-electron chi connectivity index (χ1n) is 14.5. The third-order valence-corrected chi connectivity index (χ3v) is 11.7. The fourth-order valence-corrected chi connectivity index (χ4v) is 10.6. The SMILES string of the molecule is CCOc1cc([C@H]2c3sc(=O)[nH]c3SC3C4CC(C5C(=O)N(CC(=O)O)C(=O)C45)C32)ccc1OCC(=O)Nc1ccccc1. The zero-order valence-electron chi connectivity index (χ0n) is 23.6. The van der Waals surface area contributed by atoms with E-state index in [4.69, 9.17) is 9.47 Å². The number of para-hydroxylation sites is 1. The summed E-state index contributed by atoms with van der Waals surface area (Å²) in [5.41, 5.74) is 1.54. The predicted octanol–water partition coefficient (Wildman–Crippen LogP) is 3.41. The molecule has 2 aromatic carbocycles. The molecule has 3 N–H and O–H groups in total. The van der Waals surface area contributed by atoms with E-state index in [1.807, 2.05) is 37.3 Å². The number of hydrogen-bond acceptors (Lipinski definition) is 9. The molecule has 0 radical (unpaired) electrons. The van der Waals surface area contributed by atoms with Gasteiger partial charge in [0.05, 0.1) is 23.5 Å². The number of likely N-dealkylation sites (tertiary alicyclic amines) is 1. The number of nitrogens with zero attached hydrogens (tertiary/aromatic N) is 1. The zero-order chi connectivity index (χ0) is 30.7. The van der Waals surface area contributed by atoms with Crippen LogP contribution < -0.4 is 19.7 Å². The van der Waals surface area contributed by atoms with Crippen LogP contribution in [0.5, 0.6) is 11.5 Å². The summed E-state index contributed by atoms with van der Waals surface area (Å²) in [5, 5.41) is 12.9. The van der Waals surface area contributed by atoms with Crippen molar-refractivity contribution in [1.29, 1.82) is 0 Å². The van der Waals surface area contributed by atoms with Crippen LogP contribution in [-0.4, -0.2) is 63.7 Å². The van der Waals surface area contributed by atoms with Crippen LogP contribution >= 0.6 is 23.1 Å². The number of thiazole rings is 1. The van der Waals surface area contributed by atoms with E-state index in [0.717, 1.165) is 31.7 Å². The molecule has 2 aliphatic carbocycles. The molecule has 3 aromatic rings. The maximum absolute atomic E-state index is 13.4. The lowest BCUT2D eigenvalue weighted by Crippen LogP contribution is -2.42. The largest absolute Gasteiger partial charge is 0.490 e. The number of thioether (sulfide) groups is 1. The van der Waals surface area contributed by atoms with Crippen LogP contribution in [0.2, 0.25) is 0 Å². The third-order valence-electron chi connectivity index (χ3n) is 9.15. The Morgan fingerprint density at radius 1 is 1.02 bits per heavy atom. The molecule has 1 aromatic heterocycles. The Hall–Kier alpha value is -4.10. The van der Waals surface area contributed by atoms with Gasteiger partial charge in [0.25, 0.3) is 5.91 Å². The monoisotopic (exact) mass is 635 g/mol. The number of amides is 3. The highest BCUT2D eigenvalue weighted by atomic mass is 32.2. The highest BCUT2D eigenvalue weighted by molar-refractivity contribution is 8.00. The Balaban J connectivity index is 1.20. The van der Waals surface area contributed by atoms with Gasteiger partial charge in [-0.15, -0.1) is 11.8 Å². The molecule has 1 saturated heterocycles. The summed E-state index contributed by atoms with van der Waals surface area (Å²) in [6.45, 7) is 1.36. The lowest BCUT2D eigenvalue weighted by molar-refractivity contribution is -0.149. The first-order chi connectivity index (χ1) is 21.2. The number of ether oxygens (including phenoxy) is 2. The van der Waals surface area contributed by atoms with Crippen LogP contribution in [0.25, 0.3) is 0 Å². The number of H-pyrrole nitrogens is 1. The van der Waals surface area contributed by atoms with Gasteiger partial charge in [-0.05, 0) is 60.9 Å². The van der Waals surface area contributed by atoms with Gasteiger partial charge in [0.2, 0.25) is 11.8 Å². The first kappa shape index (κ1) is 28.7. The Kier molecular flexibility index (Phi) is 7.24. The van der Waals surface area contributed by atoms with E-state index in [9.17, 15) is 29.1 Å². The summed E-state index contributed by atoms with van der Waals surface area (Å²) in [6.07, 6.45) is 0.696. The topological polar surface area (TPSA) is 155 Å². The molecule has 7 atom stereocenters. The minimum Gasteiger partial charge on any atom is -0.490 e. The minimum atomic E-state index is -1.22. The summed E-state index contributed by atoms with van der Waals surface area (Å²) in [5.74, 6) is -3.12. The van der Waals surface area contributed by atoms with Gasteiger partial charge in [-0.3, -0.25) is 28.9 Å². The van der Waals surface area contributed by atoms with Gasteiger partial charge in [0, 0.05) is 21.7 Å². The van der Waals surface area contributed by atoms with E-state index in [0.29, 0.717) is 30.2 Å². The first-order valence-corrected chi connectivity index (χ1v) is 16.2. The van der Waals surface area contributed by atoms with Crippen LogP contribution in [0.4, 0.5) is 5.69 Å². The highest BCUT2D eigenvalue weighted by Crippen LogP contribution is 2.68. The van der Waals surface area contributed by atoms with Gasteiger partial charge in [0.15, 0.2) is 18.1 Å². The molecule has 2 saturated carbocycles. The molecular formula is C31H29N3O8S2. The average Bonchev–Trinajstić information content (AvgIpc) is 3.73. The number of imide groups is 1. The van der Waals surface area contributed by atoms with Crippen molar-refractivity contribution in [1.82, 2.24) is 9.88 Å². The molecule has 7 rings (SSSR count). The molecule has 3 fully saturated rings. The second kappa shape index (κ2) is 11.1. The van der Waals surface area contributed by atoms with Crippen molar-refractivity contribution in [3.63, 3.8) is 0 Å². The van der Waals surface area contributed by atoms with Crippen molar-refractivity contribution in [3.05, 3.63) is 68.6 Å². The maximum atomic E-state index is 13.4. The molecule has 228 valence electrons. The van der Waals surface area contributed by atoms with Crippen molar-refractivity contribution < 1.29 is 33.8 Å². The third kappa shape index (κ3) is 4.69. The lowest BCUT2D eigenvalue weighted by atomic mass is 9.68. The van der Waals surface area contributed by atoms with Gasteiger partial charge in [0.1, 0.15) is 6.54 Å². The van der Waals surface area contributed by atoms with Gasteiger partial charge in [-0.1, -0.05) is 35.6 Å².